The highest BCUT2D eigenvalue weighted by molar-refractivity contribution is 5.75. The number of carbonyl (C=O) groups is 1. The van der Waals surface area contributed by atoms with Gasteiger partial charge in [0.1, 0.15) is 5.75 Å². The Balaban J connectivity index is 1.26. The van der Waals surface area contributed by atoms with Crippen LogP contribution in [0.2, 0.25) is 0 Å². The molecule has 0 N–H and O–H groups in total. The molecule has 2 aliphatic carbocycles. The molecule has 0 amide bonds. The smallest absolute Gasteiger partial charge is 0.314 e. The van der Waals surface area contributed by atoms with Crippen molar-refractivity contribution in [3.8, 4) is 16.9 Å². The molecular formula is C28H32F2O2. The van der Waals surface area contributed by atoms with Crippen LogP contribution in [-0.4, -0.2) is 5.97 Å². The van der Waals surface area contributed by atoms with Crippen molar-refractivity contribution in [3.05, 3.63) is 66.8 Å². The quantitative estimate of drug-likeness (QED) is 0.262. The van der Waals surface area contributed by atoms with Crippen molar-refractivity contribution in [3.63, 3.8) is 0 Å². The predicted molar refractivity (Wildman–Crippen MR) is 123 cm³/mol. The van der Waals surface area contributed by atoms with Gasteiger partial charge in [0.25, 0.3) is 0 Å². The topological polar surface area (TPSA) is 26.3 Å². The van der Waals surface area contributed by atoms with E-state index in [0.717, 1.165) is 61.5 Å². The Morgan fingerprint density at radius 3 is 2.03 bits per heavy atom. The molecule has 0 spiro atoms. The summed E-state index contributed by atoms with van der Waals surface area (Å²) in [7, 11) is 0. The summed E-state index contributed by atoms with van der Waals surface area (Å²) in [4.78, 5) is 12.7. The average Bonchev–Trinajstić information content (AvgIpc) is 2.82. The molecule has 2 nitrogen and oxygen atoms in total. The predicted octanol–water partition coefficient (Wildman–Crippen LogP) is 7.73. The van der Waals surface area contributed by atoms with Gasteiger partial charge in [-0.3, -0.25) is 4.79 Å². The Bertz CT molecular complexity index is 921. The number of benzene rings is 2. The first-order valence-electron chi connectivity index (χ1n) is 11.9. The van der Waals surface area contributed by atoms with Gasteiger partial charge in [-0.15, -0.1) is 6.58 Å². The molecule has 0 bridgehead atoms. The first-order valence-corrected chi connectivity index (χ1v) is 11.9. The van der Waals surface area contributed by atoms with Gasteiger partial charge in [0.15, 0.2) is 11.6 Å². The SMILES string of the molecule is C=CCC1CCC(C2CCC(C(=O)Oc3ccc(-c4ccc(F)c(F)c4)cc3)CC2)CC1. The van der Waals surface area contributed by atoms with Gasteiger partial charge in [0.05, 0.1) is 5.92 Å². The standard InChI is InChI=1S/C28H32F2O2/c1-2-3-19-4-6-20(7-5-19)21-8-10-23(11-9-21)28(31)32-25-15-12-22(13-16-25)24-14-17-26(29)27(30)18-24/h2,12-21,23H,1,3-11H2. The van der Waals surface area contributed by atoms with E-state index >= 15 is 0 Å². The van der Waals surface area contributed by atoms with Crippen LogP contribution in [0.4, 0.5) is 8.78 Å². The maximum absolute atomic E-state index is 13.5. The summed E-state index contributed by atoms with van der Waals surface area (Å²) in [6.45, 7) is 3.87. The minimum Gasteiger partial charge on any atom is -0.426 e. The Morgan fingerprint density at radius 1 is 0.844 bits per heavy atom. The number of esters is 1. The molecule has 0 saturated heterocycles. The fourth-order valence-corrected chi connectivity index (χ4v) is 5.55. The van der Waals surface area contributed by atoms with E-state index in [1.807, 2.05) is 0 Å². The summed E-state index contributed by atoms with van der Waals surface area (Å²) in [5, 5.41) is 0. The molecule has 2 saturated carbocycles. The lowest BCUT2D eigenvalue weighted by atomic mass is 9.69. The van der Waals surface area contributed by atoms with Crippen molar-refractivity contribution in [1.29, 1.82) is 0 Å². The van der Waals surface area contributed by atoms with Gasteiger partial charge < -0.3 is 4.74 Å². The number of hydrogen-bond acceptors (Lipinski definition) is 2. The van der Waals surface area contributed by atoms with Gasteiger partial charge in [-0.2, -0.15) is 0 Å². The van der Waals surface area contributed by atoms with E-state index in [1.165, 1.54) is 37.8 Å². The summed E-state index contributed by atoms with van der Waals surface area (Å²) in [5.74, 6) is 0.948. The number of rotatable bonds is 6. The Morgan fingerprint density at radius 2 is 1.44 bits per heavy atom. The molecule has 0 aliphatic heterocycles. The van der Waals surface area contributed by atoms with E-state index in [9.17, 15) is 13.6 Å². The minimum absolute atomic E-state index is 0.0331. The van der Waals surface area contributed by atoms with Crippen LogP contribution in [0.15, 0.2) is 55.1 Å². The number of carbonyl (C=O) groups excluding carboxylic acids is 1. The van der Waals surface area contributed by atoms with Crippen molar-refractivity contribution in [2.24, 2.45) is 23.7 Å². The molecule has 4 rings (SSSR count). The second-order valence-corrected chi connectivity index (χ2v) is 9.49. The first-order chi connectivity index (χ1) is 15.5. The lowest BCUT2D eigenvalue weighted by Crippen LogP contribution is -2.30. The third kappa shape index (κ3) is 5.46. The summed E-state index contributed by atoms with van der Waals surface area (Å²) < 4.78 is 32.2. The monoisotopic (exact) mass is 438 g/mol. The highest BCUT2D eigenvalue weighted by atomic mass is 19.2. The van der Waals surface area contributed by atoms with E-state index < -0.39 is 11.6 Å². The second kappa shape index (κ2) is 10.4. The molecule has 2 fully saturated rings. The Kier molecular flexibility index (Phi) is 7.39. The third-order valence-corrected chi connectivity index (χ3v) is 7.49. The molecule has 0 atom stereocenters. The molecule has 2 aromatic carbocycles. The van der Waals surface area contributed by atoms with Crippen LogP contribution in [0.5, 0.6) is 5.75 Å². The van der Waals surface area contributed by atoms with Crippen molar-refractivity contribution < 1.29 is 18.3 Å². The number of halogens is 2. The van der Waals surface area contributed by atoms with E-state index in [1.54, 1.807) is 24.3 Å². The molecule has 0 radical (unpaired) electrons. The molecule has 2 aliphatic rings. The summed E-state index contributed by atoms with van der Waals surface area (Å²) >= 11 is 0. The fourth-order valence-electron chi connectivity index (χ4n) is 5.55. The lowest BCUT2D eigenvalue weighted by molar-refractivity contribution is -0.140. The third-order valence-electron chi connectivity index (χ3n) is 7.49. The lowest BCUT2D eigenvalue weighted by Gasteiger charge is -2.37. The van der Waals surface area contributed by atoms with Crippen LogP contribution >= 0.6 is 0 Å². The molecule has 0 unspecified atom stereocenters. The van der Waals surface area contributed by atoms with E-state index in [2.05, 4.69) is 12.7 Å². The van der Waals surface area contributed by atoms with Crippen LogP contribution in [-0.2, 0) is 4.79 Å². The highest BCUT2D eigenvalue weighted by Crippen LogP contribution is 2.42. The van der Waals surface area contributed by atoms with Crippen LogP contribution in [0, 0.1) is 35.3 Å². The minimum atomic E-state index is -0.876. The van der Waals surface area contributed by atoms with E-state index in [4.69, 9.17) is 4.74 Å². The molecular weight excluding hydrogens is 406 g/mol. The zero-order valence-corrected chi connectivity index (χ0v) is 18.6. The van der Waals surface area contributed by atoms with Gasteiger partial charge in [-0.05, 0) is 111 Å². The van der Waals surface area contributed by atoms with Gasteiger partial charge in [-0.25, -0.2) is 8.78 Å². The first kappa shape index (κ1) is 22.7. The normalized spacial score (nSPS) is 25.8. The molecule has 4 heteroatoms. The van der Waals surface area contributed by atoms with Crippen molar-refractivity contribution in [1.82, 2.24) is 0 Å². The van der Waals surface area contributed by atoms with Crippen LogP contribution in [0.1, 0.15) is 57.8 Å². The number of hydrogen-bond donors (Lipinski definition) is 0. The molecule has 0 heterocycles. The average molecular weight is 439 g/mol. The van der Waals surface area contributed by atoms with Crippen molar-refractivity contribution in [2.45, 2.75) is 57.8 Å². The maximum Gasteiger partial charge on any atom is 0.314 e. The van der Waals surface area contributed by atoms with Gasteiger partial charge in [0, 0.05) is 0 Å². The largest absolute Gasteiger partial charge is 0.426 e. The van der Waals surface area contributed by atoms with Crippen LogP contribution in [0.3, 0.4) is 0 Å². The van der Waals surface area contributed by atoms with Gasteiger partial charge in [0.2, 0.25) is 0 Å². The molecule has 170 valence electrons. The zero-order valence-electron chi connectivity index (χ0n) is 18.6. The number of allylic oxidation sites excluding steroid dienone is 1. The van der Waals surface area contributed by atoms with E-state index in [0.29, 0.717) is 11.3 Å². The fraction of sp³-hybridized carbons (Fsp3) is 0.464. The summed E-state index contributed by atoms with van der Waals surface area (Å²) in [6, 6.07) is 10.7. The molecule has 0 aromatic heterocycles. The van der Waals surface area contributed by atoms with Gasteiger partial charge >= 0.3 is 5.97 Å². The zero-order chi connectivity index (χ0) is 22.5. The number of ether oxygens (including phenoxy) is 1. The van der Waals surface area contributed by atoms with Gasteiger partial charge in [-0.1, -0.05) is 24.3 Å². The molecule has 32 heavy (non-hydrogen) atoms. The van der Waals surface area contributed by atoms with Crippen LogP contribution < -0.4 is 4.74 Å². The van der Waals surface area contributed by atoms with E-state index in [-0.39, 0.29) is 11.9 Å². The summed E-state index contributed by atoms with van der Waals surface area (Å²) in [5.41, 5.74) is 1.32. The van der Waals surface area contributed by atoms with Crippen molar-refractivity contribution >= 4 is 5.97 Å². The Labute approximate surface area is 189 Å². The second-order valence-electron chi connectivity index (χ2n) is 9.49. The highest BCUT2D eigenvalue weighted by Gasteiger charge is 2.33. The maximum atomic E-state index is 13.5. The Hall–Kier alpha value is -2.49. The van der Waals surface area contributed by atoms with Crippen LogP contribution in [0.25, 0.3) is 11.1 Å². The molecule has 2 aromatic rings. The summed E-state index contributed by atoms with van der Waals surface area (Å²) in [6.07, 6.45) is 12.5. The van der Waals surface area contributed by atoms with Crippen molar-refractivity contribution in [2.75, 3.05) is 0 Å².